The first-order valence-electron chi connectivity index (χ1n) is 7.86. The number of amides is 1. The fourth-order valence-corrected chi connectivity index (χ4v) is 3.90. The number of benzene rings is 2. The zero-order valence-corrected chi connectivity index (χ0v) is 14.4. The van der Waals surface area contributed by atoms with Crippen LogP contribution in [0.4, 0.5) is 0 Å². The lowest BCUT2D eigenvalue weighted by Crippen LogP contribution is -2.33. The summed E-state index contributed by atoms with van der Waals surface area (Å²) < 4.78 is 2.23. The monoisotopic (exact) mass is 358 g/mol. The van der Waals surface area contributed by atoms with E-state index in [2.05, 4.69) is 34.3 Å². The Hall–Kier alpha value is -1.97. The predicted octanol–water partition coefficient (Wildman–Crippen LogP) is 4.49. The van der Waals surface area contributed by atoms with Gasteiger partial charge in [-0.15, -0.1) is 11.6 Å². The van der Waals surface area contributed by atoms with E-state index >= 15 is 0 Å². The summed E-state index contributed by atoms with van der Waals surface area (Å²) in [6.07, 6.45) is 2.94. The normalized spacial score (nSPS) is 19.4. The third-order valence-corrected chi connectivity index (χ3v) is 5.16. The average molecular weight is 359 g/mol. The van der Waals surface area contributed by atoms with Gasteiger partial charge in [0.1, 0.15) is 5.88 Å². The van der Waals surface area contributed by atoms with Crippen LogP contribution in [-0.2, 0) is 11.2 Å². The summed E-state index contributed by atoms with van der Waals surface area (Å²) >= 11 is 11.8. The van der Waals surface area contributed by atoms with E-state index < -0.39 is 0 Å². The van der Waals surface area contributed by atoms with Crippen molar-refractivity contribution in [3.8, 4) is 0 Å². The molecule has 1 aliphatic carbocycles. The highest BCUT2D eigenvalue weighted by Crippen LogP contribution is 2.41. The fraction of sp³-hybridized carbons (Fsp3) is 0.211. The van der Waals surface area contributed by atoms with Crippen LogP contribution in [0.5, 0.6) is 0 Å². The van der Waals surface area contributed by atoms with Gasteiger partial charge in [-0.05, 0) is 41.8 Å². The molecule has 1 aliphatic rings. The summed E-state index contributed by atoms with van der Waals surface area (Å²) in [5, 5.41) is 4.90. The molecule has 0 aliphatic heterocycles. The van der Waals surface area contributed by atoms with Crippen LogP contribution in [-0.4, -0.2) is 16.4 Å². The third-order valence-electron chi connectivity index (χ3n) is 4.68. The molecule has 24 heavy (non-hydrogen) atoms. The lowest BCUT2D eigenvalue weighted by atomic mass is 10.1. The maximum absolute atomic E-state index is 11.9. The molecule has 0 saturated carbocycles. The number of nitrogens with one attached hydrogen (secondary N) is 1. The van der Waals surface area contributed by atoms with Gasteiger partial charge in [0.25, 0.3) is 0 Å². The van der Waals surface area contributed by atoms with E-state index in [4.69, 9.17) is 23.2 Å². The highest BCUT2D eigenvalue weighted by Gasteiger charge is 2.34. The predicted molar refractivity (Wildman–Crippen MR) is 97.7 cm³/mol. The van der Waals surface area contributed by atoms with Crippen LogP contribution in [0.25, 0.3) is 10.9 Å². The Morgan fingerprint density at radius 3 is 2.88 bits per heavy atom. The number of carbonyl (C=O) groups is 1. The molecule has 1 amide bonds. The average Bonchev–Trinajstić information content (AvgIpc) is 3.15. The number of carbonyl (C=O) groups excluding carboxylic acids is 1. The van der Waals surface area contributed by atoms with Gasteiger partial charge in [-0.3, -0.25) is 4.79 Å². The zero-order chi connectivity index (χ0) is 16.7. The van der Waals surface area contributed by atoms with Crippen molar-refractivity contribution in [1.82, 2.24) is 9.88 Å². The summed E-state index contributed by atoms with van der Waals surface area (Å²) in [4.78, 5) is 11.9. The molecule has 0 spiro atoms. The van der Waals surface area contributed by atoms with Crippen LogP contribution in [0.3, 0.4) is 0 Å². The summed E-state index contributed by atoms with van der Waals surface area (Å²) in [5.74, 6) is -0.184. The van der Waals surface area contributed by atoms with Gasteiger partial charge in [-0.2, -0.15) is 0 Å². The molecule has 2 unspecified atom stereocenters. The van der Waals surface area contributed by atoms with Gasteiger partial charge in [0.2, 0.25) is 5.91 Å². The Balaban J connectivity index is 1.79. The van der Waals surface area contributed by atoms with E-state index in [1.807, 2.05) is 30.3 Å². The second kappa shape index (κ2) is 6.15. The first-order chi connectivity index (χ1) is 11.7. The largest absolute Gasteiger partial charge is 0.346 e. The first-order valence-corrected chi connectivity index (χ1v) is 8.78. The number of nitrogens with zero attached hydrogens (tertiary/aromatic N) is 1. The smallest absolute Gasteiger partial charge is 0.235 e. The number of halogens is 2. The second-order valence-electron chi connectivity index (χ2n) is 6.08. The molecule has 3 aromatic rings. The molecule has 2 atom stereocenters. The van der Waals surface area contributed by atoms with E-state index in [9.17, 15) is 4.79 Å². The number of rotatable bonds is 3. The highest BCUT2D eigenvalue weighted by atomic mass is 35.5. The molecule has 5 heteroatoms. The van der Waals surface area contributed by atoms with Crippen molar-refractivity contribution < 1.29 is 4.79 Å². The SMILES string of the molecule is O=C(CCl)NC1c2ccccc2CC1n1ccc2cc(Cl)ccc21. The number of fused-ring (bicyclic) bond motifs is 2. The standard InChI is InChI=1S/C19H16Cl2N2O/c20-11-18(24)22-19-15-4-2-1-3-12(15)10-17(19)23-8-7-13-9-14(21)5-6-16(13)23/h1-9,17,19H,10-11H2,(H,22,24). The summed E-state index contributed by atoms with van der Waals surface area (Å²) in [7, 11) is 0. The van der Waals surface area contributed by atoms with Crippen LogP contribution in [0.2, 0.25) is 5.02 Å². The topological polar surface area (TPSA) is 34.0 Å². The van der Waals surface area contributed by atoms with Crippen LogP contribution in [0.15, 0.2) is 54.7 Å². The number of aromatic nitrogens is 1. The van der Waals surface area contributed by atoms with Crippen LogP contribution < -0.4 is 5.32 Å². The number of hydrogen-bond donors (Lipinski definition) is 1. The quantitative estimate of drug-likeness (QED) is 0.687. The van der Waals surface area contributed by atoms with Crippen molar-refractivity contribution in [2.45, 2.75) is 18.5 Å². The molecule has 1 heterocycles. The molecule has 122 valence electrons. The van der Waals surface area contributed by atoms with Crippen molar-refractivity contribution in [1.29, 1.82) is 0 Å². The maximum atomic E-state index is 11.9. The van der Waals surface area contributed by atoms with Crippen molar-refractivity contribution in [2.24, 2.45) is 0 Å². The van der Waals surface area contributed by atoms with Gasteiger partial charge >= 0.3 is 0 Å². The Morgan fingerprint density at radius 1 is 1.21 bits per heavy atom. The molecule has 2 aromatic carbocycles. The lowest BCUT2D eigenvalue weighted by molar-refractivity contribution is -0.119. The molecule has 0 fully saturated rings. The molecular formula is C19H16Cl2N2O. The van der Waals surface area contributed by atoms with E-state index in [1.165, 1.54) is 5.56 Å². The van der Waals surface area contributed by atoms with Gasteiger partial charge in [0.15, 0.2) is 0 Å². The second-order valence-corrected chi connectivity index (χ2v) is 6.78. The summed E-state index contributed by atoms with van der Waals surface area (Å²) in [6.45, 7) is 0. The Morgan fingerprint density at radius 2 is 2.04 bits per heavy atom. The highest BCUT2D eigenvalue weighted by molar-refractivity contribution is 6.31. The molecule has 4 rings (SSSR count). The van der Waals surface area contributed by atoms with Gasteiger partial charge < -0.3 is 9.88 Å². The minimum Gasteiger partial charge on any atom is -0.346 e. The molecule has 1 N–H and O–H groups in total. The van der Waals surface area contributed by atoms with E-state index in [1.54, 1.807) is 0 Å². The minimum atomic E-state index is -0.150. The molecular weight excluding hydrogens is 343 g/mol. The minimum absolute atomic E-state index is 0.0343. The summed E-state index contributed by atoms with van der Waals surface area (Å²) in [6, 6.07) is 16.2. The van der Waals surface area contributed by atoms with Gasteiger partial charge in [-0.1, -0.05) is 35.9 Å². The van der Waals surface area contributed by atoms with Gasteiger partial charge in [-0.25, -0.2) is 0 Å². The Bertz CT molecular complexity index is 919. The van der Waals surface area contributed by atoms with Crippen LogP contribution in [0, 0.1) is 0 Å². The Labute approximate surface area is 150 Å². The fourth-order valence-electron chi connectivity index (χ4n) is 3.64. The van der Waals surface area contributed by atoms with Crippen molar-refractivity contribution in [3.63, 3.8) is 0 Å². The lowest BCUT2D eigenvalue weighted by Gasteiger charge is -2.24. The van der Waals surface area contributed by atoms with Crippen molar-refractivity contribution in [3.05, 3.63) is 70.9 Å². The first kappa shape index (κ1) is 15.6. The maximum Gasteiger partial charge on any atom is 0.235 e. The van der Waals surface area contributed by atoms with E-state index in [0.717, 1.165) is 27.9 Å². The molecule has 0 radical (unpaired) electrons. The van der Waals surface area contributed by atoms with Crippen molar-refractivity contribution in [2.75, 3.05) is 5.88 Å². The molecule has 3 nitrogen and oxygen atoms in total. The summed E-state index contributed by atoms with van der Waals surface area (Å²) in [5.41, 5.74) is 3.54. The van der Waals surface area contributed by atoms with E-state index in [0.29, 0.717) is 0 Å². The third kappa shape index (κ3) is 2.58. The van der Waals surface area contributed by atoms with Crippen LogP contribution >= 0.6 is 23.2 Å². The van der Waals surface area contributed by atoms with Crippen LogP contribution in [0.1, 0.15) is 23.2 Å². The molecule has 1 aromatic heterocycles. The van der Waals surface area contributed by atoms with Crippen molar-refractivity contribution >= 4 is 40.0 Å². The van der Waals surface area contributed by atoms with E-state index in [-0.39, 0.29) is 23.9 Å². The number of alkyl halides is 1. The van der Waals surface area contributed by atoms with Gasteiger partial charge in [0.05, 0.1) is 12.1 Å². The zero-order valence-electron chi connectivity index (χ0n) is 12.9. The molecule has 0 saturated heterocycles. The number of hydrogen-bond acceptors (Lipinski definition) is 1. The molecule has 0 bridgehead atoms. The Kier molecular flexibility index (Phi) is 3.99. The van der Waals surface area contributed by atoms with Gasteiger partial charge in [0, 0.05) is 22.1 Å².